The van der Waals surface area contributed by atoms with Gasteiger partial charge in [0.1, 0.15) is 11.6 Å². The Hall–Kier alpha value is -0.360. The van der Waals surface area contributed by atoms with E-state index in [0.717, 1.165) is 35.7 Å². The summed E-state index contributed by atoms with van der Waals surface area (Å²) in [6.07, 6.45) is 4.59. The minimum atomic E-state index is -0.166. The van der Waals surface area contributed by atoms with E-state index in [1.165, 1.54) is 19.3 Å². The Kier molecular flexibility index (Phi) is 4.74. The van der Waals surface area contributed by atoms with Crippen molar-refractivity contribution in [1.82, 2.24) is 9.55 Å². The summed E-state index contributed by atoms with van der Waals surface area (Å²) in [6.45, 7) is 3.26. The van der Waals surface area contributed by atoms with Crippen molar-refractivity contribution >= 4 is 45.2 Å². The van der Waals surface area contributed by atoms with Gasteiger partial charge in [-0.05, 0) is 46.9 Å². The second kappa shape index (κ2) is 6.41. The Morgan fingerprint density at radius 1 is 1.43 bits per heavy atom. The average molecular weight is 421 g/mol. The van der Waals surface area contributed by atoms with Crippen LogP contribution in [0.4, 0.5) is 4.39 Å². The summed E-state index contributed by atoms with van der Waals surface area (Å²) in [5, 5.41) is 0. The van der Waals surface area contributed by atoms with Crippen LogP contribution in [-0.2, 0) is 13.0 Å². The lowest BCUT2D eigenvalue weighted by Crippen LogP contribution is -2.15. The van der Waals surface area contributed by atoms with E-state index in [-0.39, 0.29) is 5.82 Å². The highest BCUT2D eigenvalue weighted by Crippen LogP contribution is 2.34. The van der Waals surface area contributed by atoms with Crippen LogP contribution in [0.15, 0.2) is 12.1 Å². The third kappa shape index (κ3) is 3.07. The van der Waals surface area contributed by atoms with Crippen LogP contribution < -0.4 is 0 Å². The van der Waals surface area contributed by atoms with Crippen LogP contribution in [0.5, 0.6) is 0 Å². The van der Waals surface area contributed by atoms with Crippen molar-refractivity contribution in [2.24, 2.45) is 11.8 Å². The molecule has 21 heavy (non-hydrogen) atoms. The maximum atomic E-state index is 13.9. The van der Waals surface area contributed by atoms with Gasteiger partial charge in [0.05, 0.1) is 14.6 Å². The highest BCUT2D eigenvalue weighted by molar-refractivity contribution is 14.1. The minimum absolute atomic E-state index is 0.166. The van der Waals surface area contributed by atoms with E-state index in [2.05, 4.69) is 16.5 Å². The van der Waals surface area contributed by atoms with Gasteiger partial charge in [-0.25, -0.2) is 9.37 Å². The lowest BCUT2D eigenvalue weighted by Gasteiger charge is -2.18. The first-order valence-corrected chi connectivity index (χ1v) is 9.11. The molecule has 114 valence electrons. The van der Waals surface area contributed by atoms with E-state index in [0.29, 0.717) is 15.4 Å². The molecule has 0 spiro atoms. The molecule has 1 saturated carbocycles. The normalized spacial score (nSPS) is 22.3. The zero-order chi connectivity index (χ0) is 15.0. The Labute approximate surface area is 143 Å². The Morgan fingerprint density at radius 2 is 2.24 bits per heavy atom. The van der Waals surface area contributed by atoms with E-state index < -0.39 is 0 Å². The second-order valence-corrected chi connectivity index (χ2v) is 7.54. The summed E-state index contributed by atoms with van der Waals surface area (Å²) in [4.78, 5) is 4.68. The highest BCUT2D eigenvalue weighted by Gasteiger charge is 2.25. The monoisotopic (exact) mass is 420 g/mol. The number of imidazole rings is 1. The van der Waals surface area contributed by atoms with Crippen molar-refractivity contribution in [3.05, 3.63) is 27.3 Å². The summed E-state index contributed by atoms with van der Waals surface area (Å²) in [6, 6.07) is 3.46. The summed E-state index contributed by atoms with van der Waals surface area (Å²) < 4.78 is 16.8. The molecule has 0 radical (unpaired) electrons. The molecule has 0 saturated heterocycles. The van der Waals surface area contributed by atoms with Gasteiger partial charge in [0.15, 0.2) is 0 Å². The molecule has 5 heteroatoms. The number of alkyl halides is 1. The predicted molar refractivity (Wildman–Crippen MR) is 93.3 cm³/mol. The fourth-order valence-corrected chi connectivity index (χ4v) is 4.00. The second-order valence-electron chi connectivity index (χ2n) is 6.00. The Morgan fingerprint density at radius 3 is 2.90 bits per heavy atom. The van der Waals surface area contributed by atoms with Gasteiger partial charge in [-0.1, -0.05) is 19.8 Å². The molecule has 1 fully saturated rings. The summed E-state index contributed by atoms with van der Waals surface area (Å²) in [5.74, 6) is 2.77. The number of aromatic nitrogens is 2. The van der Waals surface area contributed by atoms with Crippen LogP contribution in [0.1, 0.15) is 32.0 Å². The zero-order valence-corrected chi connectivity index (χ0v) is 15.0. The first kappa shape index (κ1) is 15.5. The predicted octanol–water partition coefficient (Wildman–Crippen LogP) is 5.00. The molecule has 1 heterocycles. The summed E-state index contributed by atoms with van der Waals surface area (Å²) in [5.41, 5.74) is 1.79. The van der Waals surface area contributed by atoms with Crippen molar-refractivity contribution in [2.45, 2.75) is 39.2 Å². The lowest BCUT2D eigenvalue weighted by molar-refractivity contribution is 0.363. The molecule has 1 aromatic heterocycles. The van der Waals surface area contributed by atoms with Crippen molar-refractivity contribution < 1.29 is 4.39 Å². The first-order valence-electron chi connectivity index (χ1n) is 7.50. The maximum absolute atomic E-state index is 13.9. The van der Waals surface area contributed by atoms with Gasteiger partial charge in [-0.15, -0.1) is 11.6 Å². The fraction of sp³-hybridized carbons (Fsp3) is 0.562. The van der Waals surface area contributed by atoms with Gasteiger partial charge in [0.25, 0.3) is 0 Å². The van der Waals surface area contributed by atoms with Gasteiger partial charge >= 0.3 is 0 Å². The van der Waals surface area contributed by atoms with E-state index in [1.807, 2.05) is 28.7 Å². The molecule has 0 aliphatic heterocycles. The van der Waals surface area contributed by atoms with Gasteiger partial charge in [-0.3, -0.25) is 0 Å². The Balaban J connectivity index is 2.04. The molecule has 1 aliphatic rings. The number of fused-ring (bicyclic) bond motifs is 1. The third-order valence-corrected chi connectivity index (χ3v) is 5.66. The summed E-state index contributed by atoms with van der Waals surface area (Å²) >= 11 is 7.93. The lowest BCUT2D eigenvalue weighted by atomic mass is 9.98. The minimum Gasteiger partial charge on any atom is -0.328 e. The number of nitrogens with zero attached hydrogens (tertiary/aromatic N) is 2. The molecular formula is C16H19ClFIN2. The standard InChI is InChI=1S/C16H19ClFIN2/c1-10-3-2-4-11(10)9-21-15-7-12(18)13(19)8-14(15)20-16(21)5-6-17/h7-8,10-11H,2-6,9H2,1H3. The van der Waals surface area contributed by atoms with Gasteiger partial charge in [0.2, 0.25) is 0 Å². The average Bonchev–Trinajstić information content (AvgIpc) is 2.98. The van der Waals surface area contributed by atoms with Crippen molar-refractivity contribution in [2.75, 3.05) is 5.88 Å². The number of aryl methyl sites for hydroxylation is 1. The first-order chi connectivity index (χ1) is 10.1. The van der Waals surface area contributed by atoms with Gasteiger partial charge < -0.3 is 4.57 Å². The number of benzene rings is 1. The van der Waals surface area contributed by atoms with E-state index in [4.69, 9.17) is 11.6 Å². The molecule has 2 atom stereocenters. The summed E-state index contributed by atoms with van der Waals surface area (Å²) in [7, 11) is 0. The van der Waals surface area contributed by atoms with E-state index in [1.54, 1.807) is 6.07 Å². The third-order valence-electron chi connectivity index (χ3n) is 4.64. The molecule has 2 unspecified atom stereocenters. The van der Waals surface area contributed by atoms with Gasteiger partial charge in [-0.2, -0.15) is 0 Å². The molecule has 2 aromatic rings. The molecule has 0 bridgehead atoms. The molecule has 1 aliphatic carbocycles. The van der Waals surface area contributed by atoms with Crippen molar-refractivity contribution in [3.63, 3.8) is 0 Å². The van der Waals surface area contributed by atoms with Crippen LogP contribution >= 0.6 is 34.2 Å². The number of hydrogen-bond acceptors (Lipinski definition) is 1. The molecule has 3 rings (SSSR count). The fourth-order valence-electron chi connectivity index (χ4n) is 3.38. The maximum Gasteiger partial charge on any atom is 0.138 e. The molecule has 1 aromatic carbocycles. The number of rotatable bonds is 4. The molecule has 0 amide bonds. The zero-order valence-electron chi connectivity index (χ0n) is 12.1. The molecular weight excluding hydrogens is 402 g/mol. The highest BCUT2D eigenvalue weighted by atomic mass is 127. The van der Waals surface area contributed by atoms with E-state index in [9.17, 15) is 4.39 Å². The van der Waals surface area contributed by atoms with Crippen molar-refractivity contribution in [3.8, 4) is 0 Å². The van der Waals surface area contributed by atoms with E-state index >= 15 is 0 Å². The largest absolute Gasteiger partial charge is 0.328 e. The Bertz CT molecular complexity index is 655. The number of hydrogen-bond donors (Lipinski definition) is 0. The SMILES string of the molecule is CC1CCCC1Cn1c(CCCl)nc2cc(I)c(F)cc21. The van der Waals surface area contributed by atoms with Crippen LogP contribution in [0, 0.1) is 21.2 Å². The molecule has 0 N–H and O–H groups in total. The topological polar surface area (TPSA) is 17.8 Å². The number of halogens is 3. The van der Waals surface area contributed by atoms with Crippen LogP contribution in [0.3, 0.4) is 0 Å². The van der Waals surface area contributed by atoms with Gasteiger partial charge in [0, 0.05) is 24.9 Å². The van der Waals surface area contributed by atoms with Crippen LogP contribution in [0.2, 0.25) is 0 Å². The van der Waals surface area contributed by atoms with Crippen LogP contribution in [0.25, 0.3) is 11.0 Å². The molecule has 2 nitrogen and oxygen atoms in total. The van der Waals surface area contributed by atoms with Crippen molar-refractivity contribution in [1.29, 1.82) is 0 Å². The van der Waals surface area contributed by atoms with Crippen LogP contribution in [-0.4, -0.2) is 15.4 Å². The smallest absolute Gasteiger partial charge is 0.138 e. The quantitative estimate of drug-likeness (QED) is 0.503.